The molecule has 2 heteroatoms. The minimum absolute atomic E-state index is 1.19. The van der Waals surface area contributed by atoms with Gasteiger partial charge in [0.25, 0.3) is 0 Å². The Morgan fingerprint density at radius 2 is 1.31 bits per heavy atom. The average molecular weight is 445 g/mol. The van der Waals surface area contributed by atoms with Crippen LogP contribution in [0.15, 0.2) is 97.1 Å². The van der Waals surface area contributed by atoms with Crippen LogP contribution in [-0.2, 0) is 0 Å². The molecule has 5 rings (SSSR count). The molecule has 4 aromatic carbocycles. The average Bonchev–Trinajstić information content (AvgIpc) is 3.04. The topological polar surface area (TPSA) is 4.93 Å². The first kappa shape index (κ1) is 15.6. The van der Waals surface area contributed by atoms with Crippen LogP contribution in [0.2, 0.25) is 0 Å². The van der Waals surface area contributed by atoms with Gasteiger partial charge >= 0.3 is 0 Å². The number of hydrogen-bond donors (Lipinski definition) is 0. The van der Waals surface area contributed by atoms with E-state index in [1.165, 1.54) is 42.2 Å². The summed E-state index contributed by atoms with van der Waals surface area (Å²) < 4.78 is 3.66. The van der Waals surface area contributed by atoms with E-state index in [1.807, 2.05) is 0 Å². The van der Waals surface area contributed by atoms with E-state index in [0.29, 0.717) is 0 Å². The van der Waals surface area contributed by atoms with Crippen LogP contribution in [0.25, 0.3) is 38.6 Å². The molecule has 5 aromatic rings. The third-order valence-electron chi connectivity index (χ3n) is 4.86. The van der Waals surface area contributed by atoms with Crippen molar-refractivity contribution in [1.29, 1.82) is 0 Å². The first-order chi connectivity index (χ1) is 12.8. The van der Waals surface area contributed by atoms with Crippen LogP contribution in [-0.4, -0.2) is 4.57 Å². The van der Waals surface area contributed by atoms with Crippen molar-refractivity contribution >= 4 is 44.4 Å². The van der Waals surface area contributed by atoms with Crippen LogP contribution in [0.4, 0.5) is 0 Å². The second kappa shape index (κ2) is 6.29. The van der Waals surface area contributed by atoms with Crippen molar-refractivity contribution in [2.75, 3.05) is 0 Å². The van der Waals surface area contributed by atoms with E-state index in [1.54, 1.807) is 0 Å². The zero-order chi connectivity index (χ0) is 17.5. The normalized spacial score (nSPS) is 11.3. The van der Waals surface area contributed by atoms with Crippen molar-refractivity contribution in [2.45, 2.75) is 0 Å². The van der Waals surface area contributed by atoms with Gasteiger partial charge in [-0.15, -0.1) is 0 Å². The highest BCUT2D eigenvalue weighted by molar-refractivity contribution is 14.1. The second-order valence-corrected chi connectivity index (χ2v) is 7.57. The van der Waals surface area contributed by atoms with Crippen LogP contribution in [0.5, 0.6) is 0 Å². The van der Waals surface area contributed by atoms with E-state index < -0.39 is 0 Å². The van der Waals surface area contributed by atoms with Gasteiger partial charge in [-0.3, -0.25) is 0 Å². The Morgan fingerprint density at radius 1 is 0.577 bits per heavy atom. The summed E-state index contributed by atoms with van der Waals surface area (Å²) in [6, 6.07) is 34.5. The van der Waals surface area contributed by atoms with E-state index >= 15 is 0 Å². The van der Waals surface area contributed by atoms with Crippen molar-refractivity contribution in [2.24, 2.45) is 0 Å². The molecule has 1 nitrogen and oxygen atoms in total. The monoisotopic (exact) mass is 445 g/mol. The van der Waals surface area contributed by atoms with Crippen LogP contribution in [0.1, 0.15) is 0 Å². The third-order valence-corrected chi connectivity index (χ3v) is 5.76. The highest BCUT2D eigenvalue weighted by atomic mass is 127. The molecule has 1 aromatic heterocycles. The summed E-state index contributed by atoms with van der Waals surface area (Å²) in [7, 11) is 0. The molecule has 0 radical (unpaired) electrons. The number of benzene rings is 4. The van der Waals surface area contributed by atoms with Gasteiger partial charge in [0, 0.05) is 20.0 Å². The standard InChI is InChI=1S/C24H16IN/c25-21-12-7-13-22-24(21)20-15-14-18(17-8-3-1-4-9-17)16-23(20)26(22)19-10-5-2-6-11-19/h1-16H. The van der Waals surface area contributed by atoms with Gasteiger partial charge in [-0.2, -0.15) is 0 Å². The smallest absolute Gasteiger partial charge is 0.0551 e. The third kappa shape index (κ3) is 2.44. The summed E-state index contributed by atoms with van der Waals surface area (Å²) in [6.07, 6.45) is 0. The molecular formula is C24H16IN. The van der Waals surface area contributed by atoms with Crippen molar-refractivity contribution in [1.82, 2.24) is 4.57 Å². The molecule has 0 N–H and O–H groups in total. The molecular weight excluding hydrogens is 429 g/mol. The van der Waals surface area contributed by atoms with E-state index in [2.05, 4.69) is 124 Å². The number of rotatable bonds is 2. The SMILES string of the molecule is Ic1cccc2c1c1ccc(-c3ccccc3)cc1n2-c1ccccc1. The van der Waals surface area contributed by atoms with Gasteiger partial charge in [-0.25, -0.2) is 0 Å². The summed E-state index contributed by atoms with van der Waals surface area (Å²) in [5, 5.41) is 2.63. The molecule has 0 fully saturated rings. The summed E-state index contributed by atoms with van der Waals surface area (Å²) in [4.78, 5) is 0. The molecule has 0 aliphatic heterocycles. The summed E-state index contributed by atoms with van der Waals surface area (Å²) in [5.74, 6) is 0. The maximum absolute atomic E-state index is 2.45. The Kier molecular flexibility index (Phi) is 3.79. The summed E-state index contributed by atoms with van der Waals surface area (Å²) in [6.45, 7) is 0. The lowest BCUT2D eigenvalue weighted by Crippen LogP contribution is -1.93. The highest BCUT2D eigenvalue weighted by Gasteiger charge is 2.14. The van der Waals surface area contributed by atoms with Gasteiger partial charge in [-0.1, -0.05) is 66.7 Å². The fourth-order valence-electron chi connectivity index (χ4n) is 3.69. The zero-order valence-electron chi connectivity index (χ0n) is 14.1. The van der Waals surface area contributed by atoms with E-state index in [4.69, 9.17) is 0 Å². The molecule has 0 spiro atoms. The molecule has 0 aliphatic rings. The van der Waals surface area contributed by atoms with Gasteiger partial charge in [0.1, 0.15) is 0 Å². The number of halogens is 1. The Bertz CT molecular complexity index is 1220. The Morgan fingerprint density at radius 3 is 2.08 bits per heavy atom. The maximum Gasteiger partial charge on any atom is 0.0551 e. The lowest BCUT2D eigenvalue weighted by Gasteiger charge is -2.08. The van der Waals surface area contributed by atoms with Crippen LogP contribution in [0.3, 0.4) is 0 Å². The second-order valence-electron chi connectivity index (χ2n) is 6.40. The van der Waals surface area contributed by atoms with E-state index in [9.17, 15) is 0 Å². The van der Waals surface area contributed by atoms with Gasteiger partial charge in [0.05, 0.1) is 11.0 Å². The maximum atomic E-state index is 2.45. The highest BCUT2D eigenvalue weighted by Crippen LogP contribution is 2.36. The molecule has 0 amide bonds. The first-order valence-electron chi connectivity index (χ1n) is 8.66. The molecule has 0 unspecified atom stereocenters. The van der Waals surface area contributed by atoms with Crippen molar-refractivity contribution in [3.05, 3.63) is 101 Å². The molecule has 124 valence electrons. The van der Waals surface area contributed by atoms with E-state index in [0.717, 1.165) is 0 Å². The van der Waals surface area contributed by atoms with Gasteiger partial charge in [0.2, 0.25) is 0 Å². The number of nitrogens with zero attached hydrogens (tertiary/aromatic N) is 1. The van der Waals surface area contributed by atoms with Crippen LogP contribution >= 0.6 is 22.6 Å². The Labute approximate surface area is 166 Å². The fraction of sp³-hybridized carbons (Fsp3) is 0. The Hall–Kier alpha value is -2.59. The lowest BCUT2D eigenvalue weighted by atomic mass is 10.0. The number of fused-ring (bicyclic) bond motifs is 3. The minimum atomic E-state index is 1.19. The Balaban J connectivity index is 1.91. The first-order valence-corrected chi connectivity index (χ1v) is 9.74. The summed E-state index contributed by atoms with van der Waals surface area (Å²) >= 11 is 2.45. The van der Waals surface area contributed by atoms with Gasteiger partial charge in [-0.05, 0) is 64.0 Å². The van der Waals surface area contributed by atoms with Crippen molar-refractivity contribution in [3.8, 4) is 16.8 Å². The minimum Gasteiger partial charge on any atom is -0.309 e. The zero-order valence-corrected chi connectivity index (χ0v) is 16.2. The molecule has 26 heavy (non-hydrogen) atoms. The largest absolute Gasteiger partial charge is 0.309 e. The molecule has 0 bridgehead atoms. The van der Waals surface area contributed by atoms with E-state index in [-0.39, 0.29) is 0 Å². The van der Waals surface area contributed by atoms with Gasteiger partial charge < -0.3 is 4.57 Å². The molecule has 1 heterocycles. The van der Waals surface area contributed by atoms with Gasteiger partial charge in [0.15, 0.2) is 0 Å². The van der Waals surface area contributed by atoms with Crippen LogP contribution in [0, 0.1) is 3.57 Å². The number of hydrogen-bond acceptors (Lipinski definition) is 0. The molecule has 0 saturated carbocycles. The van der Waals surface area contributed by atoms with Crippen molar-refractivity contribution in [3.63, 3.8) is 0 Å². The predicted molar refractivity (Wildman–Crippen MR) is 119 cm³/mol. The summed E-state index contributed by atoms with van der Waals surface area (Å²) in [5.41, 5.74) is 6.18. The molecule has 0 aliphatic carbocycles. The fourth-order valence-corrected chi connectivity index (χ4v) is 4.46. The quantitative estimate of drug-likeness (QED) is 0.257. The molecule has 0 saturated heterocycles. The number of para-hydroxylation sites is 1. The lowest BCUT2D eigenvalue weighted by molar-refractivity contribution is 1.18. The predicted octanol–water partition coefficient (Wildman–Crippen LogP) is 7.06. The molecule has 0 atom stereocenters. The van der Waals surface area contributed by atoms with Crippen molar-refractivity contribution < 1.29 is 0 Å². The number of aromatic nitrogens is 1. The van der Waals surface area contributed by atoms with Crippen LogP contribution < -0.4 is 0 Å².